The smallest absolute Gasteiger partial charge is 0.252 e. The molecule has 0 spiro atoms. The molecule has 1 amide bonds. The number of amides is 1. The van der Waals surface area contributed by atoms with Gasteiger partial charge < -0.3 is 15.2 Å². The standard InChI is InChI=1S/C19H25N3O2S/c1-12-16(14(3)24-22-12)11-25-18-9-5-4-7-15(18)19(23)21-17-8-6-10-20-13(17)2/h4-5,7,9,13,17,20H,6,8,10-11H2,1-3H3,(H,21,23). The van der Waals surface area contributed by atoms with Crippen molar-refractivity contribution in [2.75, 3.05) is 6.54 Å². The second-order valence-corrected chi connectivity index (χ2v) is 7.57. The number of hydrogen-bond donors (Lipinski definition) is 2. The average molecular weight is 359 g/mol. The van der Waals surface area contributed by atoms with Crippen molar-refractivity contribution in [1.82, 2.24) is 15.8 Å². The molecule has 1 saturated heterocycles. The van der Waals surface area contributed by atoms with Crippen molar-refractivity contribution >= 4 is 17.7 Å². The molecule has 2 atom stereocenters. The number of thioether (sulfide) groups is 1. The van der Waals surface area contributed by atoms with Gasteiger partial charge in [0.2, 0.25) is 0 Å². The van der Waals surface area contributed by atoms with Gasteiger partial charge in [-0.05, 0) is 52.3 Å². The topological polar surface area (TPSA) is 67.2 Å². The molecule has 1 aliphatic heterocycles. The zero-order valence-electron chi connectivity index (χ0n) is 15.0. The van der Waals surface area contributed by atoms with Crippen LogP contribution in [0.5, 0.6) is 0 Å². The second kappa shape index (κ2) is 8.06. The summed E-state index contributed by atoms with van der Waals surface area (Å²) in [5, 5.41) is 10.6. The fourth-order valence-corrected chi connectivity index (χ4v) is 4.33. The van der Waals surface area contributed by atoms with E-state index in [1.54, 1.807) is 11.8 Å². The van der Waals surface area contributed by atoms with Crippen LogP contribution in [0.2, 0.25) is 0 Å². The Balaban J connectivity index is 1.70. The molecule has 6 heteroatoms. The largest absolute Gasteiger partial charge is 0.361 e. The number of carbonyl (C=O) groups excluding carboxylic acids is 1. The van der Waals surface area contributed by atoms with E-state index in [2.05, 4.69) is 22.7 Å². The average Bonchev–Trinajstić information content (AvgIpc) is 2.93. The molecular weight excluding hydrogens is 334 g/mol. The molecular formula is C19H25N3O2S. The quantitative estimate of drug-likeness (QED) is 0.801. The van der Waals surface area contributed by atoms with E-state index in [0.717, 1.165) is 52.6 Å². The summed E-state index contributed by atoms with van der Waals surface area (Å²) in [5.74, 6) is 1.59. The Labute approximate surface area is 152 Å². The number of rotatable bonds is 5. The molecule has 0 saturated carbocycles. The Morgan fingerprint density at radius 1 is 1.40 bits per heavy atom. The first kappa shape index (κ1) is 18.0. The molecule has 1 aliphatic rings. The van der Waals surface area contributed by atoms with Gasteiger partial charge in [-0.25, -0.2) is 0 Å². The van der Waals surface area contributed by atoms with Crippen LogP contribution in [0.4, 0.5) is 0 Å². The van der Waals surface area contributed by atoms with Gasteiger partial charge in [-0.2, -0.15) is 0 Å². The molecule has 0 radical (unpaired) electrons. The van der Waals surface area contributed by atoms with Gasteiger partial charge in [-0.3, -0.25) is 4.79 Å². The highest BCUT2D eigenvalue weighted by Gasteiger charge is 2.24. The maximum Gasteiger partial charge on any atom is 0.252 e. The van der Waals surface area contributed by atoms with Crippen molar-refractivity contribution in [1.29, 1.82) is 0 Å². The van der Waals surface area contributed by atoms with Gasteiger partial charge in [-0.1, -0.05) is 17.3 Å². The third-order valence-electron chi connectivity index (χ3n) is 4.76. The summed E-state index contributed by atoms with van der Waals surface area (Å²) in [7, 11) is 0. The second-order valence-electron chi connectivity index (χ2n) is 6.55. The van der Waals surface area contributed by atoms with Gasteiger partial charge >= 0.3 is 0 Å². The maximum atomic E-state index is 12.8. The molecule has 2 N–H and O–H groups in total. The molecule has 0 aliphatic carbocycles. The lowest BCUT2D eigenvalue weighted by atomic mass is 9.99. The molecule has 1 aromatic heterocycles. The minimum Gasteiger partial charge on any atom is -0.361 e. The Kier molecular flexibility index (Phi) is 5.81. The molecule has 1 aromatic carbocycles. The minimum absolute atomic E-state index is 0.00223. The summed E-state index contributed by atoms with van der Waals surface area (Å²) in [6.07, 6.45) is 2.12. The number of nitrogens with one attached hydrogen (secondary N) is 2. The van der Waals surface area contributed by atoms with E-state index >= 15 is 0 Å². The third kappa shape index (κ3) is 4.25. The maximum absolute atomic E-state index is 12.8. The van der Waals surface area contributed by atoms with Crippen LogP contribution in [-0.2, 0) is 5.75 Å². The Morgan fingerprint density at radius 3 is 2.92 bits per heavy atom. The van der Waals surface area contributed by atoms with Crippen molar-refractivity contribution in [2.24, 2.45) is 0 Å². The van der Waals surface area contributed by atoms with Crippen molar-refractivity contribution in [3.05, 3.63) is 46.8 Å². The summed E-state index contributed by atoms with van der Waals surface area (Å²) in [5.41, 5.74) is 2.75. The number of hydrogen-bond acceptors (Lipinski definition) is 5. The van der Waals surface area contributed by atoms with E-state index < -0.39 is 0 Å². The fourth-order valence-electron chi connectivity index (χ4n) is 3.13. The summed E-state index contributed by atoms with van der Waals surface area (Å²) in [4.78, 5) is 13.8. The molecule has 5 nitrogen and oxygen atoms in total. The van der Waals surface area contributed by atoms with Crippen LogP contribution in [0.25, 0.3) is 0 Å². The van der Waals surface area contributed by atoms with Crippen LogP contribution in [-0.4, -0.2) is 29.7 Å². The zero-order chi connectivity index (χ0) is 17.8. The van der Waals surface area contributed by atoms with E-state index in [0.29, 0.717) is 6.04 Å². The number of piperidine rings is 1. The molecule has 134 valence electrons. The van der Waals surface area contributed by atoms with Gasteiger partial charge in [-0.15, -0.1) is 11.8 Å². The van der Waals surface area contributed by atoms with E-state index in [-0.39, 0.29) is 11.9 Å². The lowest BCUT2D eigenvalue weighted by Gasteiger charge is -2.30. The van der Waals surface area contributed by atoms with Gasteiger partial charge in [0, 0.05) is 28.3 Å². The first-order valence-electron chi connectivity index (χ1n) is 8.74. The third-order valence-corrected chi connectivity index (χ3v) is 5.86. The number of benzene rings is 1. The van der Waals surface area contributed by atoms with Crippen LogP contribution >= 0.6 is 11.8 Å². The van der Waals surface area contributed by atoms with Crippen LogP contribution in [0.15, 0.2) is 33.7 Å². The van der Waals surface area contributed by atoms with Crippen LogP contribution < -0.4 is 10.6 Å². The first-order valence-corrected chi connectivity index (χ1v) is 9.72. The predicted molar refractivity (Wildman–Crippen MR) is 99.9 cm³/mol. The molecule has 2 aromatic rings. The van der Waals surface area contributed by atoms with Crippen molar-refractivity contribution in [3.63, 3.8) is 0 Å². The van der Waals surface area contributed by atoms with E-state index in [1.165, 1.54) is 0 Å². The first-order chi connectivity index (χ1) is 12.1. The number of nitrogens with zero attached hydrogens (tertiary/aromatic N) is 1. The Hall–Kier alpha value is -1.79. The number of aryl methyl sites for hydroxylation is 2. The summed E-state index contributed by atoms with van der Waals surface area (Å²) >= 11 is 1.65. The molecule has 1 fully saturated rings. The monoisotopic (exact) mass is 359 g/mol. The van der Waals surface area contributed by atoms with Crippen LogP contribution in [0.1, 0.15) is 47.1 Å². The van der Waals surface area contributed by atoms with Crippen molar-refractivity contribution < 1.29 is 9.32 Å². The van der Waals surface area contributed by atoms with Gasteiger partial charge in [0.25, 0.3) is 5.91 Å². The van der Waals surface area contributed by atoms with Gasteiger partial charge in [0.1, 0.15) is 5.76 Å². The number of carbonyl (C=O) groups is 1. The molecule has 2 heterocycles. The lowest BCUT2D eigenvalue weighted by Crippen LogP contribution is -2.51. The van der Waals surface area contributed by atoms with E-state index in [9.17, 15) is 4.79 Å². The molecule has 2 unspecified atom stereocenters. The van der Waals surface area contributed by atoms with Crippen molar-refractivity contribution in [3.8, 4) is 0 Å². The zero-order valence-corrected chi connectivity index (χ0v) is 15.8. The Morgan fingerprint density at radius 2 is 2.20 bits per heavy atom. The normalized spacial score (nSPS) is 20.4. The molecule has 3 rings (SSSR count). The minimum atomic E-state index is 0.00223. The van der Waals surface area contributed by atoms with Gasteiger partial charge in [0.05, 0.1) is 11.3 Å². The summed E-state index contributed by atoms with van der Waals surface area (Å²) < 4.78 is 5.22. The van der Waals surface area contributed by atoms with E-state index in [4.69, 9.17) is 4.52 Å². The van der Waals surface area contributed by atoms with Gasteiger partial charge in [0.15, 0.2) is 0 Å². The van der Waals surface area contributed by atoms with Crippen LogP contribution in [0, 0.1) is 13.8 Å². The Bertz CT molecular complexity index is 725. The van der Waals surface area contributed by atoms with E-state index in [1.807, 2.05) is 38.1 Å². The highest BCUT2D eigenvalue weighted by molar-refractivity contribution is 7.98. The van der Waals surface area contributed by atoms with Crippen LogP contribution in [0.3, 0.4) is 0 Å². The fraction of sp³-hybridized carbons (Fsp3) is 0.474. The molecule has 0 bridgehead atoms. The highest BCUT2D eigenvalue weighted by atomic mass is 32.2. The number of aromatic nitrogens is 1. The summed E-state index contributed by atoms with van der Waals surface area (Å²) in [6.45, 7) is 7.02. The highest BCUT2D eigenvalue weighted by Crippen LogP contribution is 2.29. The predicted octanol–water partition coefficient (Wildman–Crippen LogP) is 3.45. The summed E-state index contributed by atoms with van der Waals surface area (Å²) in [6, 6.07) is 8.27. The SMILES string of the molecule is Cc1noc(C)c1CSc1ccccc1C(=O)NC1CCCNC1C. The lowest BCUT2D eigenvalue weighted by molar-refractivity contribution is 0.0917. The molecule has 25 heavy (non-hydrogen) atoms. The van der Waals surface area contributed by atoms with Crippen molar-refractivity contribution in [2.45, 2.75) is 56.3 Å².